The van der Waals surface area contributed by atoms with Gasteiger partial charge in [0.2, 0.25) is 5.91 Å². The molecule has 2 aliphatic heterocycles. The van der Waals surface area contributed by atoms with Crippen molar-refractivity contribution < 1.29 is 18.7 Å². The second kappa shape index (κ2) is 7.74. The number of carbonyl (C=O) groups is 2. The van der Waals surface area contributed by atoms with Crippen LogP contribution in [0.1, 0.15) is 32.1 Å². The fraction of sp³-hybridized carbons (Fsp3) is 0.600. The molecule has 0 aromatic heterocycles. The van der Waals surface area contributed by atoms with Crippen LogP contribution >= 0.6 is 0 Å². The zero-order valence-corrected chi connectivity index (χ0v) is 15.4. The number of ether oxygens (including phenoxy) is 1. The molecule has 0 bridgehead atoms. The van der Waals surface area contributed by atoms with Crippen LogP contribution < -0.4 is 10.1 Å². The Labute approximate surface area is 158 Å². The summed E-state index contributed by atoms with van der Waals surface area (Å²) in [6.07, 6.45) is 5.14. The van der Waals surface area contributed by atoms with E-state index in [1.54, 1.807) is 17.0 Å². The molecule has 27 heavy (non-hydrogen) atoms. The molecule has 1 atom stereocenters. The molecule has 0 radical (unpaired) electrons. The number of carbonyl (C=O) groups excluding carboxylic acids is 2. The predicted octanol–water partition coefficient (Wildman–Crippen LogP) is 2.39. The SMILES string of the molecule is O=C(NCC1CC(=O)N(C2CCCC2)C1)N1CC(Oc2ccc(F)cc2)C1. The minimum atomic E-state index is -0.297. The van der Waals surface area contributed by atoms with Crippen LogP contribution in [0.15, 0.2) is 24.3 Å². The molecule has 7 heteroatoms. The Balaban J connectivity index is 1.16. The molecule has 2 heterocycles. The minimum absolute atomic E-state index is 0.0628. The first kappa shape index (κ1) is 18.1. The highest BCUT2D eigenvalue weighted by molar-refractivity contribution is 5.79. The van der Waals surface area contributed by atoms with E-state index >= 15 is 0 Å². The van der Waals surface area contributed by atoms with Crippen molar-refractivity contribution in [2.24, 2.45) is 5.92 Å². The number of benzene rings is 1. The average Bonchev–Trinajstić information content (AvgIpc) is 3.26. The molecule has 0 spiro atoms. The third-order valence-electron chi connectivity index (χ3n) is 5.80. The van der Waals surface area contributed by atoms with Gasteiger partial charge < -0.3 is 19.9 Å². The van der Waals surface area contributed by atoms with E-state index < -0.39 is 0 Å². The maximum absolute atomic E-state index is 12.9. The van der Waals surface area contributed by atoms with Gasteiger partial charge in [0.15, 0.2) is 0 Å². The largest absolute Gasteiger partial charge is 0.487 e. The lowest BCUT2D eigenvalue weighted by Gasteiger charge is -2.39. The van der Waals surface area contributed by atoms with Crippen LogP contribution in [0.3, 0.4) is 0 Å². The quantitative estimate of drug-likeness (QED) is 0.860. The first-order chi connectivity index (χ1) is 13.1. The molecule has 1 unspecified atom stereocenters. The summed E-state index contributed by atoms with van der Waals surface area (Å²) in [7, 11) is 0. The molecule has 1 saturated carbocycles. The molecule has 3 amide bonds. The van der Waals surface area contributed by atoms with E-state index in [-0.39, 0.29) is 29.8 Å². The fourth-order valence-electron chi connectivity index (χ4n) is 4.24. The van der Waals surface area contributed by atoms with Crippen LogP contribution in [0.4, 0.5) is 9.18 Å². The van der Waals surface area contributed by atoms with E-state index in [1.807, 2.05) is 4.90 Å². The highest BCUT2D eigenvalue weighted by Crippen LogP contribution is 2.29. The Morgan fingerprint density at radius 1 is 1.15 bits per heavy atom. The van der Waals surface area contributed by atoms with Crippen LogP contribution in [0.25, 0.3) is 0 Å². The average molecular weight is 375 g/mol. The molecule has 1 N–H and O–H groups in total. The number of nitrogens with one attached hydrogen (secondary N) is 1. The standard InChI is InChI=1S/C20H26FN3O3/c21-15-5-7-17(8-6-15)27-18-12-23(13-18)20(26)22-10-14-9-19(25)24(11-14)16-3-1-2-4-16/h5-8,14,16,18H,1-4,9-13H2,(H,22,26). The molecule has 3 fully saturated rings. The zero-order valence-electron chi connectivity index (χ0n) is 15.4. The monoisotopic (exact) mass is 375 g/mol. The summed E-state index contributed by atoms with van der Waals surface area (Å²) < 4.78 is 18.6. The first-order valence-electron chi connectivity index (χ1n) is 9.83. The third kappa shape index (κ3) is 4.17. The van der Waals surface area contributed by atoms with Crippen molar-refractivity contribution >= 4 is 11.9 Å². The number of likely N-dealkylation sites (tertiary alicyclic amines) is 2. The van der Waals surface area contributed by atoms with Gasteiger partial charge in [0, 0.05) is 31.5 Å². The van der Waals surface area contributed by atoms with Gasteiger partial charge in [-0.2, -0.15) is 0 Å². The van der Waals surface area contributed by atoms with Crippen molar-refractivity contribution in [1.29, 1.82) is 0 Å². The minimum Gasteiger partial charge on any atom is -0.487 e. The van der Waals surface area contributed by atoms with Gasteiger partial charge in [0.25, 0.3) is 0 Å². The molecule has 1 aliphatic carbocycles. The Kier molecular flexibility index (Phi) is 5.18. The molecule has 2 saturated heterocycles. The second-order valence-corrected chi connectivity index (χ2v) is 7.84. The number of hydrogen-bond acceptors (Lipinski definition) is 3. The maximum Gasteiger partial charge on any atom is 0.317 e. The maximum atomic E-state index is 12.9. The predicted molar refractivity (Wildman–Crippen MR) is 97.9 cm³/mol. The van der Waals surface area contributed by atoms with Gasteiger partial charge in [-0.3, -0.25) is 4.79 Å². The molecule has 3 aliphatic rings. The number of hydrogen-bond donors (Lipinski definition) is 1. The summed E-state index contributed by atoms with van der Waals surface area (Å²) in [4.78, 5) is 28.2. The highest BCUT2D eigenvalue weighted by atomic mass is 19.1. The van der Waals surface area contributed by atoms with Gasteiger partial charge in [0.05, 0.1) is 13.1 Å². The number of halogens is 1. The van der Waals surface area contributed by atoms with Gasteiger partial charge in [-0.05, 0) is 37.1 Å². The molecule has 1 aromatic rings. The zero-order chi connectivity index (χ0) is 18.8. The Morgan fingerprint density at radius 2 is 1.85 bits per heavy atom. The van der Waals surface area contributed by atoms with Gasteiger partial charge in [-0.25, -0.2) is 9.18 Å². The van der Waals surface area contributed by atoms with Crippen LogP contribution in [0, 0.1) is 11.7 Å². The Hall–Kier alpha value is -2.31. The molecule has 1 aromatic carbocycles. The summed E-state index contributed by atoms with van der Waals surface area (Å²) in [5.41, 5.74) is 0. The lowest BCUT2D eigenvalue weighted by molar-refractivity contribution is -0.129. The van der Waals surface area contributed by atoms with E-state index in [9.17, 15) is 14.0 Å². The van der Waals surface area contributed by atoms with Crippen LogP contribution in [0.2, 0.25) is 0 Å². The summed E-state index contributed by atoms with van der Waals surface area (Å²) in [6.45, 7) is 2.33. The van der Waals surface area contributed by atoms with Crippen molar-refractivity contribution in [2.45, 2.75) is 44.2 Å². The molecule has 4 rings (SSSR count). The first-order valence-corrected chi connectivity index (χ1v) is 9.83. The van der Waals surface area contributed by atoms with Gasteiger partial charge in [0.1, 0.15) is 17.7 Å². The van der Waals surface area contributed by atoms with Crippen molar-refractivity contribution in [1.82, 2.24) is 15.1 Å². The van der Waals surface area contributed by atoms with E-state index in [4.69, 9.17) is 4.74 Å². The number of rotatable bonds is 5. The normalized spacial score (nSPS) is 23.6. The lowest BCUT2D eigenvalue weighted by atomic mass is 10.1. The molecule has 6 nitrogen and oxygen atoms in total. The van der Waals surface area contributed by atoms with E-state index in [0.717, 1.165) is 19.4 Å². The highest BCUT2D eigenvalue weighted by Gasteiger charge is 2.36. The summed E-state index contributed by atoms with van der Waals surface area (Å²) >= 11 is 0. The van der Waals surface area contributed by atoms with Gasteiger partial charge in [-0.1, -0.05) is 12.8 Å². The fourth-order valence-corrected chi connectivity index (χ4v) is 4.24. The van der Waals surface area contributed by atoms with E-state index in [0.29, 0.717) is 37.8 Å². The topological polar surface area (TPSA) is 61.9 Å². The number of amides is 3. The van der Waals surface area contributed by atoms with E-state index in [1.165, 1.54) is 25.0 Å². The number of urea groups is 1. The molecule has 146 valence electrons. The van der Waals surface area contributed by atoms with E-state index in [2.05, 4.69) is 5.32 Å². The summed E-state index contributed by atoms with van der Waals surface area (Å²) in [5, 5.41) is 2.95. The second-order valence-electron chi connectivity index (χ2n) is 7.84. The Bertz CT molecular complexity index is 684. The van der Waals surface area contributed by atoms with Crippen LogP contribution in [-0.4, -0.2) is 60.1 Å². The molecular formula is C20H26FN3O3. The summed E-state index contributed by atoms with van der Waals surface area (Å²) in [6, 6.07) is 6.20. The smallest absolute Gasteiger partial charge is 0.317 e. The van der Waals surface area contributed by atoms with Crippen molar-refractivity contribution in [3.8, 4) is 5.75 Å². The van der Waals surface area contributed by atoms with Crippen LogP contribution in [-0.2, 0) is 4.79 Å². The lowest BCUT2D eigenvalue weighted by Crippen LogP contribution is -2.59. The molecular weight excluding hydrogens is 349 g/mol. The number of nitrogens with zero attached hydrogens (tertiary/aromatic N) is 2. The van der Waals surface area contributed by atoms with Crippen molar-refractivity contribution in [3.05, 3.63) is 30.1 Å². The van der Waals surface area contributed by atoms with Crippen molar-refractivity contribution in [3.63, 3.8) is 0 Å². The van der Waals surface area contributed by atoms with Crippen LogP contribution in [0.5, 0.6) is 5.75 Å². The van der Waals surface area contributed by atoms with Gasteiger partial charge >= 0.3 is 6.03 Å². The van der Waals surface area contributed by atoms with Crippen molar-refractivity contribution in [2.75, 3.05) is 26.2 Å². The third-order valence-corrected chi connectivity index (χ3v) is 5.80. The summed E-state index contributed by atoms with van der Waals surface area (Å²) in [5.74, 6) is 0.749. The van der Waals surface area contributed by atoms with Gasteiger partial charge in [-0.15, -0.1) is 0 Å². The Morgan fingerprint density at radius 3 is 2.56 bits per heavy atom.